The van der Waals surface area contributed by atoms with Gasteiger partial charge in [0.1, 0.15) is 6.54 Å². The molecule has 2 aromatic rings. The van der Waals surface area contributed by atoms with Crippen LogP contribution in [0.2, 0.25) is 0 Å². The standard InChI is InChI=1S/C16H19N3O4/c1-10-7-18(8-11(10)15(21)22)14(20)9-19-13-6-4-3-5-12(13)17(2)16(19)23/h3-6,10-11H,7-9H2,1-2H3,(H,21,22)/t10-,11-/m1/s1. The molecule has 0 aliphatic carbocycles. The van der Waals surface area contributed by atoms with E-state index in [1.165, 1.54) is 14.0 Å². The average molecular weight is 317 g/mol. The lowest BCUT2D eigenvalue weighted by Crippen LogP contribution is -2.35. The summed E-state index contributed by atoms with van der Waals surface area (Å²) >= 11 is 0. The first-order valence-corrected chi connectivity index (χ1v) is 7.55. The van der Waals surface area contributed by atoms with Gasteiger partial charge in [0, 0.05) is 20.1 Å². The van der Waals surface area contributed by atoms with Crippen LogP contribution in [0.1, 0.15) is 6.92 Å². The number of carbonyl (C=O) groups excluding carboxylic acids is 1. The summed E-state index contributed by atoms with van der Waals surface area (Å²) in [7, 11) is 1.67. The van der Waals surface area contributed by atoms with Crippen LogP contribution in [0.5, 0.6) is 0 Å². The number of aryl methyl sites for hydroxylation is 1. The predicted octanol–water partition coefficient (Wildman–Crippen LogP) is 0.519. The molecule has 3 rings (SSSR count). The first-order valence-electron chi connectivity index (χ1n) is 7.55. The number of amides is 1. The maximum absolute atomic E-state index is 12.5. The molecule has 7 heteroatoms. The third kappa shape index (κ3) is 2.52. The lowest BCUT2D eigenvalue weighted by atomic mass is 9.99. The molecule has 23 heavy (non-hydrogen) atoms. The maximum atomic E-state index is 12.5. The Bertz CT molecular complexity index is 835. The van der Waals surface area contributed by atoms with Crippen LogP contribution in [0, 0.1) is 11.8 Å². The van der Waals surface area contributed by atoms with E-state index in [9.17, 15) is 14.4 Å². The first kappa shape index (κ1) is 15.3. The summed E-state index contributed by atoms with van der Waals surface area (Å²) in [5.74, 6) is -1.72. The van der Waals surface area contributed by atoms with Gasteiger partial charge >= 0.3 is 11.7 Å². The molecule has 0 spiro atoms. The summed E-state index contributed by atoms with van der Waals surface area (Å²) in [4.78, 5) is 37.5. The van der Waals surface area contributed by atoms with Crippen LogP contribution in [0.15, 0.2) is 29.1 Å². The van der Waals surface area contributed by atoms with Crippen LogP contribution < -0.4 is 5.69 Å². The lowest BCUT2D eigenvalue weighted by molar-refractivity contribution is -0.142. The van der Waals surface area contributed by atoms with Gasteiger partial charge in [0.25, 0.3) is 0 Å². The zero-order valence-corrected chi connectivity index (χ0v) is 13.1. The minimum absolute atomic E-state index is 0.0702. The summed E-state index contributed by atoms with van der Waals surface area (Å²) < 4.78 is 2.95. The second-order valence-corrected chi connectivity index (χ2v) is 6.14. The van der Waals surface area contributed by atoms with Gasteiger partial charge in [-0.15, -0.1) is 0 Å². The lowest BCUT2D eigenvalue weighted by Gasteiger charge is -2.16. The van der Waals surface area contributed by atoms with Crippen LogP contribution in [0.3, 0.4) is 0 Å². The highest BCUT2D eigenvalue weighted by molar-refractivity contribution is 5.82. The fraction of sp³-hybridized carbons (Fsp3) is 0.438. The molecule has 1 N–H and O–H groups in total. The quantitative estimate of drug-likeness (QED) is 0.894. The van der Waals surface area contributed by atoms with Crippen molar-refractivity contribution in [2.45, 2.75) is 13.5 Å². The highest BCUT2D eigenvalue weighted by Crippen LogP contribution is 2.23. The summed E-state index contributed by atoms with van der Waals surface area (Å²) in [6.45, 7) is 2.37. The molecule has 0 saturated carbocycles. The van der Waals surface area contributed by atoms with Crippen molar-refractivity contribution in [2.24, 2.45) is 18.9 Å². The molecule has 1 aliphatic rings. The molecule has 2 atom stereocenters. The number of hydrogen-bond donors (Lipinski definition) is 1. The number of carboxylic acids is 1. The van der Waals surface area contributed by atoms with E-state index < -0.39 is 11.9 Å². The van der Waals surface area contributed by atoms with E-state index in [1.54, 1.807) is 13.1 Å². The SMILES string of the molecule is C[C@@H]1CN(C(=O)Cn2c(=O)n(C)c3ccccc32)C[C@H]1C(=O)O. The molecule has 1 aromatic heterocycles. The van der Waals surface area contributed by atoms with Crippen molar-refractivity contribution in [3.63, 3.8) is 0 Å². The van der Waals surface area contributed by atoms with Gasteiger partial charge in [0.05, 0.1) is 17.0 Å². The Balaban J connectivity index is 1.86. The molecular formula is C16H19N3O4. The minimum atomic E-state index is -0.880. The molecule has 1 amide bonds. The molecule has 1 aliphatic heterocycles. The Hall–Kier alpha value is -2.57. The smallest absolute Gasteiger partial charge is 0.329 e. The van der Waals surface area contributed by atoms with Gasteiger partial charge in [-0.3, -0.25) is 18.7 Å². The number of aromatic nitrogens is 2. The van der Waals surface area contributed by atoms with E-state index in [0.717, 1.165) is 5.52 Å². The normalized spacial score (nSPS) is 21.0. The fourth-order valence-corrected chi connectivity index (χ4v) is 3.24. The van der Waals surface area contributed by atoms with Crippen molar-refractivity contribution < 1.29 is 14.7 Å². The fourth-order valence-electron chi connectivity index (χ4n) is 3.24. The van der Waals surface area contributed by atoms with E-state index in [4.69, 9.17) is 5.11 Å². The number of nitrogens with zero attached hydrogens (tertiary/aromatic N) is 3. The number of hydrogen-bond acceptors (Lipinski definition) is 3. The third-order valence-electron chi connectivity index (χ3n) is 4.63. The predicted molar refractivity (Wildman–Crippen MR) is 84.0 cm³/mol. The van der Waals surface area contributed by atoms with Gasteiger partial charge in [-0.1, -0.05) is 19.1 Å². The molecule has 122 valence electrons. The van der Waals surface area contributed by atoms with E-state index in [-0.39, 0.29) is 30.6 Å². The van der Waals surface area contributed by atoms with Gasteiger partial charge in [-0.25, -0.2) is 4.79 Å². The van der Waals surface area contributed by atoms with E-state index in [1.807, 2.05) is 25.1 Å². The van der Waals surface area contributed by atoms with Crippen LogP contribution in [-0.4, -0.2) is 44.1 Å². The van der Waals surface area contributed by atoms with E-state index in [2.05, 4.69) is 0 Å². The van der Waals surface area contributed by atoms with Gasteiger partial charge in [-0.2, -0.15) is 0 Å². The number of rotatable bonds is 3. The monoisotopic (exact) mass is 317 g/mol. The second-order valence-electron chi connectivity index (χ2n) is 6.14. The summed E-state index contributed by atoms with van der Waals surface area (Å²) in [5, 5.41) is 9.17. The molecule has 2 heterocycles. The summed E-state index contributed by atoms with van der Waals surface area (Å²) in [5.41, 5.74) is 1.22. The average Bonchev–Trinajstić information content (AvgIpc) is 3.02. The van der Waals surface area contributed by atoms with Crippen molar-refractivity contribution in [3.8, 4) is 0 Å². The highest BCUT2D eigenvalue weighted by Gasteiger charge is 2.37. The number of carboxylic acid groups (broad SMARTS) is 1. The molecule has 0 unspecified atom stereocenters. The van der Waals surface area contributed by atoms with Gasteiger partial charge in [0.15, 0.2) is 0 Å². The van der Waals surface area contributed by atoms with E-state index >= 15 is 0 Å². The first-order chi connectivity index (χ1) is 10.9. The van der Waals surface area contributed by atoms with Crippen LogP contribution in [0.25, 0.3) is 11.0 Å². The van der Waals surface area contributed by atoms with Crippen molar-refractivity contribution in [2.75, 3.05) is 13.1 Å². The van der Waals surface area contributed by atoms with Crippen molar-refractivity contribution >= 4 is 22.9 Å². The molecule has 7 nitrogen and oxygen atoms in total. The maximum Gasteiger partial charge on any atom is 0.329 e. The zero-order chi connectivity index (χ0) is 16.7. The molecule has 0 bridgehead atoms. The number of likely N-dealkylation sites (tertiary alicyclic amines) is 1. The zero-order valence-electron chi connectivity index (χ0n) is 13.1. The Labute approximate surface area is 132 Å². The number of benzene rings is 1. The minimum Gasteiger partial charge on any atom is -0.481 e. The van der Waals surface area contributed by atoms with Crippen molar-refractivity contribution in [1.29, 1.82) is 0 Å². The largest absolute Gasteiger partial charge is 0.481 e. The van der Waals surface area contributed by atoms with Crippen LogP contribution in [0.4, 0.5) is 0 Å². The number of aliphatic carboxylic acids is 1. The van der Waals surface area contributed by atoms with E-state index in [0.29, 0.717) is 12.1 Å². The summed E-state index contributed by atoms with van der Waals surface area (Å²) in [6, 6.07) is 7.29. The summed E-state index contributed by atoms with van der Waals surface area (Å²) in [6.07, 6.45) is 0. The Morgan fingerprint density at radius 3 is 2.48 bits per heavy atom. The highest BCUT2D eigenvalue weighted by atomic mass is 16.4. The number of imidazole rings is 1. The Morgan fingerprint density at radius 2 is 1.87 bits per heavy atom. The molecular weight excluding hydrogens is 298 g/mol. The topological polar surface area (TPSA) is 84.5 Å². The van der Waals surface area contributed by atoms with Gasteiger partial charge in [-0.05, 0) is 18.1 Å². The molecule has 1 saturated heterocycles. The van der Waals surface area contributed by atoms with Crippen LogP contribution in [-0.2, 0) is 23.2 Å². The van der Waals surface area contributed by atoms with Crippen molar-refractivity contribution in [3.05, 3.63) is 34.7 Å². The number of para-hydroxylation sites is 2. The molecule has 1 fully saturated rings. The van der Waals surface area contributed by atoms with Gasteiger partial charge in [0.2, 0.25) is 5.91 Å². The third-order valence-corrected chi connectivity index (χ3v) is 4.63. The number of fused-ring (bicyclic) bond motifs is 1. The molecule has 1 aromatic carbocycles. The molecule has 0 radical (unpaired) electrons. The van der Waals surface area contributed by atoms with Gasteiger partial charge < -0.3 is 10.0 Å². The Morgan fingerprint density at radius 1 is 1.22 bits per heavy atom. The van der Waals surface area contributed by atoms with Crippen molar-refractivity contribution in [1.82, 2.24) is 14.0 Å². The number of carbonyl (C=O) groups is 2. The Kier molecular flexibility index (Phi) is 3.71. The van der Waals surface area contributed by atoms with Crippen LogP contribution >= 0.6 is 0 Å². The second kappa shape index (κ2) is 5.57.